The van der Waals surface area contributed by atoms with Gasteiger partial charge in [0.25, 0.3) is 0 Å². The Labute approximate surface area is 106 Å². The smallest absolute Gasteiger partial charge is 0.308 e. The first-order valence-electron chi connectivity index (χ1n) is 4.93. The number of hydrogen-bond donors (Lipinski definition) is 1. The maximum atomic E-state index is 13.0. The molecule has 0 amide bonds. The van der Waals surface area contributed by atoms with Crippen LogP contribution in [0.15, 0.2) is 16.6 Å². The second kappa shape index (κ2) is 6.07. The number of halogens is 3. The third-order valence-corrected chi connectivity index (χ3v) is 2.75. The molecule has 1 unspecified atom stereocenters. The minimum atomic E-state index is -1.24. The Morgan fingerprint density at radius 1 is 1.47 bits per heavy atom. The van der Waals surface area contributed by atoms with Crippen LogP contribution in [0, 0.1) is 11.6 Å². The number of aliphatic hydroxyl groups excluding tert-OH is 1. The van der Waals surface area contributed by atoms with Gasteiger partial charge in [-0.25, -0.2) is 8.78 Å². The molecule has 0 bridgehead atoms. The Hall–Kier alpha value is -1.01. The van der Waals surface area contributed by atoms with Crippen molar-refractivity contribution < 1.29 is 23.4 Å². The van der Waals surface area contributed by atoms with Crippen LogP contribution in [0.4, 0.5) is 8.78 Å². The van der Waals surface area contributed by atoms with Crippen molar-refractivity contribution in [3.8, 4) is 0 Å². The molecule has 3 nitrogen and oxygen atoms in total. The lowest BCUT2D eigenvalue weighted by atomic mass is 10.1. The molecular weight excluding hydrogens is 298 g/mol. The SMILES string of the molecule is CCOC(=O)CC(O)c1cc(F)c(F)cc1Br. The third-order valence-electron chi connectivity index (χ3n) is 2.06. The van der Waals surface area contributed by atoms with Gasteiger partial charge >= 0.3 is 5.97 Å². The Morgan fingerprint density at radius 2 is 2.06 bits per heavy atom. The third kappa shape index (κ3) is 3.74. The van der Waals surface area contributed by atoms with Crippen LogP contribution in [0.5, 0.6) is 0 Å². The molecule has 0 aliphatic rings. The van der Waals surface area contributed by atoms with E-state index in [1.54, 1.807) is 6.92 Å². The van der Waals surface area contributed by atoms with Crippen LogP contribution in [0.2, 0.25) is 0 Å². The summed E-state index contributed by atoms with van der Waals surface area (Å²) >= 11 is 2.99. The highest BCUT2D eigenvalue weighted by Crippen LogP contribution is 2.28. The van der Waals surface area contributed by atoms with E-state index < -0.39 is 23.7 Å². The highest BCUT2D eigenvalue weighted by atomic mass is 79.9. The number of hydrogen-bond acceptors (Lipinski definition) is 3. The van der Waals surface area contributed by atoms with E-state index >= 15 is 0 Å². The van der Waals surface area contributed by atoms with Gasteiger partial charge < -0.3 is 9.84 Å². The highest BCUT2D eigenvalue weighted by molar-refractivity contribution is 9.10. The fourth-order valence-corrected chi connectivity index (χ4v) is 1.86. The summed E-state index contributed by atoms with van der Waals surface area (Å²) < 4.78 is 30.7. The van der Waals surface area contributed by atoms with Crippen LogP contribution >= 0.6 is 15.9 Å². The summed E-state index contributed by atoms with van der Waals surface area (Å²) in [5.41, 5.74) is 0.108. The number of carbonyl (C=O) groups is 1. The fraction of sp³-hybridized carbons (Fsp3) is 0.364. The molecular formula is C11H11BrF2O3. The van der Waals surface area contributed by atoms with Crippen LogP contribution in [0.1, 0.15) is 25.0 Å². The number of aliphatic hydroxyl groups is 1. The van der Waals surface area contributed by atoms with Gasteiger partial charge in [-0.15, -0.1) is 0 Å². The Bertz CT molecular complexity index is 423. The van der Waals surface area contributed by atoms with Gasteiger partial charge in [-0.1, -0.05) is 15.9 Å². The molecule has 1 aromatic rings. The van der Waals surface area contributed by atoms with Crippen LogP contribution in [-0.4, -0.2) is 17.7 Å². The van der Waals surface area contributed by atoms with E-state index in [1.165, 1.54) is 0 Å². The van der Waals surface area contributed by atoms with E-state index in [2.05, 4.69) is 20.7 Å². The van der Waals surface area contributed by atoms with Crippen molar-refractivity contribution >= 4 is 21.9 Å². The second-order valence-electron chi connectivity index (χ2n) is 3.31. The Balaban J connectivity index is 2.85. The molecule has 1 aromatic carbocycles. The summed E-state index contributed by atoms with van der Waals surface area (Å²) in [5, 5.41) is 9.69. The lowest BCUT2D eigenvalue weighted by molar-refractivity contribution is -0.145. The monoisotopic (exact) mass is 308 g/mol. The summed E-state index contributed by atoms with van der Waals surface area (Å²) in [6.45, 7) is 1.84. The van der Waals surface area contributed by atoms with Gasteiger partial charge in [0, 0.05) is 4.47 Å². The van der Waals surface area contributed by atoms with Crippen molar-refractivity contribution in [1.82, 2.24) is 0 Å². The average Bonchev–Trinajstić information content (AvgIpc) is 2.23. The molecule has 94 valence electrons. The van der Waals surface area contributed by atoms with Crippen molar-refractivity contribution in [2.75, 3.05) is 6.61 Å². The predicted molar refractivity (Wildman–Crippen MR) is 60.3 cm³/mol. The van der Waals surface area contributed by atoms with Gasteiger partial charge in [-0.2, -0.15) is 0 Å². The topological polar surface area (TPSA) is 46.5 Å². The molecule has 1 rings (SSSR count). The average molecular weight is 309 g/mol. The summed E-state index contributed by atoms with van der Waals surface area (Å²) in [4.78, 5) is 11.1. The molecule has 17 heavy (non-hydrogen) atoms. The molecule has 0 fully saturated rings. The number of benzene rings is 1. The van der Waals surface area contributed by atoms with Gasteiger partial charge in [-0.05, 0) is 24.6 Å². The first-order valence-corrected chi connectivity index (χ1v) is 5.73. The lowest BCUT2D eigenvalue weighted by Crippen LogP contribution is -2.11. The summed E-state index contributed by atoms with van der Waals surface area (Å²) in [5.74, 6) is -2.70. The van der Waals surface area contributed by atoms with Crippen molar-refractivity contribution in [3.63, 3.8) is 0 Å². The van der Waals surface area contributed by atoms with Crippen molar-refractivity contribution in [2.45, 2.75) is 19.4 Å². The molecule has 1 atom stereocenters. The molecule has 0 heterocycles. The largest absolute Gasteiger partial charge is 0.466 e. The van der Waals surface area contributed by atoms with Gasteiger partial charge in [0.2, 0.25) is 0 Å². The van der Waals surface area contributed by atoms with Crippen LogP contribution in [-0.2, 0) is 9.53 Å². The lowest BCUT2D eigenvalue weighted by Gasteiger charge is -2.12. The first kappa shape index (κ1) is 14.1. The van der Waals surface area contributed by atoms with E-state index in [-0.39, 0.29) is 23.1 Å². The number of carbonyl (C=O) groups excluding carboxylic acids is 1. The minimum Gasteiger partial charge on any atom is -0.466 e. The fourth-order valence-electron chi connectivity index (χ4n) is 1.28. The van der Waals surface area contributed by atoms with E-state index in [0.29, 0.717) is 0 Å². The van der Waals surface area contributed by atoms with E-state index in [0.717, 1.165) is 12.1 Å². The molecule has 0 spiro atoms. The molecule has 0 saturated heterocycles. The van der Waals surface area contributed by atoms with Crippen LogP contribution in [0.3, 0.4) is 0 Å². The van der Waals surface area contributed by atoms with E-state index in [1.807, 2.05) is 0 Å². The number of ether oxygens (including phenoxy) is 1. The maximum Gasteiger partial charge on any atom is 0.308 e. The van der Waals surface area contributed by atoms with Crippen LogP contribution < -0.4 is 0 Å². The minimum absolute atomic E-state index is 0.108. The summed E-state index contributed by atoms with van der Waals surface area (Å²) in [6.07, 6.45) is -1.55. The molecule has 1 N–H and O–H groups in total. The van der Waals surface area contributed by atoms with E-state index in [9.17, 15) is 18.7 Å². The van der Waals surface area contributed by atoms with Gasteiger partial charge in [0.05, 0.1) is 19.1 Å². The van der Waals surface area contributed by atoms with Crippen LogP contribution in [0.25, 0.3) is 0 Å². The zero-order valence-corrected chi connectivity index (χ0v) is 10.6. The number of rotatable bonds is 4. The van der Waals surface area contributed by atoms with Crippen molar-refractivity contribution in [1.29, 1.82) is 0 Å². The van der Waals surface area contributed by atoms with Gasteiger partial charge in [0.15, 0.2) is 11.6 Å². The number of esters is 1. The Kier molecular flexibility index (Phi) is 5.02. The quantitative estimate of drug-likeness (QED) is 0.687. The van der Waals surface area contributed by atoms with E-state index in [4.69, 9.17) is 0 Å². The predicted octanol–water partition coefficient (Wildman–Crippen LogP) is 2.71. The van der Waals surface area contributed by atoms with Gasteiger partial charge in [0.1, 0.15) is 0 Å². The first-order chi connectivity index (χ1) is 7.95. The Morgan fingerprint density at radius 3 is 2.65 bits per heavy atom. The molecule has 6 heteroatoms. The zero-order valence-electron chi connectivity index (χ0n) is 9.04. The second-order valence-corrected chi connectivity index (χ2v) is 4.17. The molecule has 0 aromatic heterocycles. The molecule has 0 saturated carbocycles. The molecule has 0 radical (unpaired) electrons. The summed E-state index contributed by atoms with van der Waals surface area (Å²) in [7, 11) is 0. The normalized spacial score (nSPS) is 12.3. The molecule has 0 aliphatic carbocycles. The van der Waals surface area contributed by atoms with Crippen molar-refractivity contribution in [2.24, 2.45) is 0 Å². The van der Waals surface area contributed by atoms with Gasteiger partial charge in [-0.3, -0.25) is 4.79 Å². The zero-order chi connectivity index (χ0) is 13.0. The highest BCUT2D eigenvalue weighted by Gasteiger charge is 2.18. The summed E-state index contributed by atoms with van der Waals surface area (Å²) in [6, 6.07) is 1.75. The van der Waals surface area contributed by atoms with Crippen molar-refractivity contribution in [3.05, 3.63) is 33.8 Å². The standard InChI is InChI=1S/C11H11BrF2O3/c1-2-17-11(16)5-10(15)6-3-8(13)9(14)4-7(6)12/h3-4,10,15H,2,5H2,1H3. The molecule has 0 aliphatic heterocycles. The maximum absolute atomic E-state index is 13.0.